The summed E-state index contributed by atoms with van der Waals surface area (Å²) in [5, 5.41) is 3.15. The predicted molar refractivity (Wildman–Crippen MR) is 130 cm³/mol. The Balaban J connectivity index is 1.68. The summed E-state index contributed by atoms with van der Waals surface area (Å²) in [6, 6.07) is 15.2. The molecule has 2 aromatic rings. The molecule has 5 nitrogen and oxygen atoms in total. The third-order valence-electron chi connectivity index (χ3n) is 6.08. The van der Waals surface area contributed by atoms with Gasteiger partial charge in [0.1, 0.15) is 11.8 Å². The fourth-order valence-electron chi connectivity index (χ4n) is 3.99. The van der Waals surface area contributed by atoms with Gasteiger partial charge in [0.2, 0.25) is 5.91 Å². The predicted octanol–water partition coefficient (Wildman–Crippen LogP) is 5.26. The number of rotatable bonds is 9. The first-order valence-corrected chi connectivity index (χ1v) is 12.3. The lowest BCUT2D eigenvalue weighted by Gasteiger charge is -2.31. The molecule has 32 heavy (non-hydrogen) atoms. The first-order valence-electron chi connectivity index (χ1n) is 11.5. The largest absolute Gasteiger partial charge is 0.484 e. The number of carbonyl (C=O) groups is 2. The van der Waals surface area contributed by atoms with Crippen molar-refractivity contribution in [2.75, 3.05) is 6.61 Å². The fraction of sp³-hybridized carbons (Fsp3) is 0.462. The molecule has 3 rings (SSSR count). The average molecular weight is 501 g/mol. The Morgan fingerprint density at radius 1 is 1.03 bits per heavy atom. The van der Waals surface area contributed by atoms with Crippen LogP contribution in [0, 0.1) is 0 Å². The highest BCUT2D eigenvalue weighted by atomic mass is 79.9. The van der Waals surface area contributed by atoms with Crippen LogP contribution in [0.5, 0.6) is 5.75 Å². The Labute approximate surface area is 199 Å². The lowest BCUT2D eigenvalue weighted by molar-refractivity contribution is -0.142. The van der Waals surface area contributed by atoms with Crippen molar-refractivity contribution in [2.24, 2.45) is 0 Å². The number of amides is 2. The molecule has 2 aromatic carbocycles. The summed E-state index contributed by atoms with van der Waals surface area (Å²) in [6.07, 6.45) is 6.49. The summed E-state index contributed by atoms with van der Waals surface area (Å²) in [6.45, 7) is 4.14. The molecule has 1 fully saturated rings. The Morgan fingerprint density at radius 3 is 2.28 bits per heavy atom. The van der Waals surface area contributed by atoms with Crippen LogP contribution in [0.3, 0.4) is 0 Å². The Kier molecular flexibility index (Phi) is 9.15. The van der Waals surface area contributed by atoms with E-state index >= 15 is 0 Å². The van der Waals surface area contributed by atoms with Gasteiger partial charge >= 0.3 is 0 Å². The van der Waals surface area contributed by atoms with Crippen LogP contribution in [0.15, 0.2) is 53.0 Å². The summed E-state index contributed by atoms with van der Waals surface area (Å²) in [4.78, 5) is 27.8. The zero-order chi connectivity index (χ0) is 22.9. The van der Waals surface area contributed by atoms with Crippen LogP contribution in [-0.2, 0) is 22.6 Å². The number of benzene rings is 2. The molecule has 0 spiro atoms. The maximum atomic E-state index is 13.2. The van der Waals surface area contributed by atoms with Crippen molar-refractivity contribution in [1.29, 1.82) is 0 Å². The number of hydrogen-bond acceptors (Lipinski definition) is 3. The molecule has 6 heteroatoms. The normalized spacial score (nSPS) is 15.1. The van der Waals surface area contributed by atoms with Crippen LogP contribution in [0.1, 0.15) is 57.1 Å². The van der Waals surface area contributed by atoms with Gasteiger partial charge in [0.25, 0.3) is 5.91 Å². The minimum atomic E-state index is -0.584. The average Bonchev–Trinajstić information content (AvgIpc) is 2.82. The number of hydrogen-bond donors (Lipinski definition) is 1. The molecule has 1 atom stereocenters. The minimum Gasteiger partial charge on any atom is -0.484 e. The van der Waals surface area contributed by atoms with E-state index in [0.29, 0.717) is 12.3 Å². The smallest absolute Gasteiger partial charge is 0.261 e. The van der Waals surface area contributed by atoms with E-state index in [4.69, 9.17) is 4.74 Å². The monoisotopic (exact) mass is 500 g/mol. The van der Waals surface area contributed by atoms with Crippen molar-refractivity contribution in [3.8, 4) is 5.75 Å². The molecule has 0 aromatic heterocycles. The van der Waals surface area contributed by atoms with Crippen LogP contribution < -0.4 is 10.1 Å². The van der Waals surface area contributed by atoms with E-state index in [0.717, 1.165) is 42.1 Å². The van der Waals surface area contributed by atoms with Gasteiger partial charge in [-0.1, -0.05) is 66.4 Å². The molecule has 1 aliphatic rings. The van der Waals surface area contributed by atoms with Gasteiger partial charge in [0.15, 0.2) is 6.61 Å². The SMILES string of the molecule is CCc1ccc(OCC(=O)N(Cc2ccc(Br)cc2)[C@H](C)C(=O)NC2CCCCC2)cc1. The van der Waals surface area contributed by atoms with Crippen LogP contribution in [0.25, 0.3) is 0 Å². The van der Waals surface area contributed by atoms with E-state index in [2.05, 4.69) is 28.2 Å². The molecule has 1 aliphatic carbocycles. The zero-order valence-electron chi connectivity index (χ0n) is 19.0. The Bertz CT molecular complexity index is 877. The zero-order valence-corrected chi connectivity index (χ0v) is 20.6. The summed E-state index contributed by atoms with van der Waals surface area (Å²) in [5.41, 5.74) is 2.18. The molecule has 0 heterocycles. The van der Waals surface area contributed by atoms with Gasteiger partial charge in [-0.25, -0.2) is 0 Å². The molecule has 172 valence electrons. The third-order valence-corrected chi connectivity index (χ3v) is 6.61. The van der Waals surface area contributed by atoms with Gasteiger partial charge in [-0.3, -0.25) is 9.59 Å². The van der Waals surface area contributed by atoms with E-state index in [9.17, 15) is 9.59 Å². The van der Waals surface area contributed by atoms with Crippen molar-refractivity contribution in [2.45, 2.75) is 71.0 Å². The van der Waals surface area contributed by atoms with Crippen molar-refractivity contribution in [3.63, 3.8) is 0 Å². The van der Waals surface area contributed by atoms with Crippen LogP contribution in [0.4, 0.5) is 0 Å². The standard InChI is InChI=1S/C26H33BrN2O3/c1-3-20-11-15-24(16-12-20)32-18-25(30)29(17-21-9-13-22(27)14-10-21)19(2)26(31)28-23-7-5-4-6-8-23/h9-16,19,23H,3-8,17-18H2,1-2H3,(H,28,31)/t19-/m1/s1. The van der Waals surface area contributed by atoms with Crippen LogP contribution in [-0.4, -0.2) is 35.4 Å². The number of nitrogens with one attached hydrogen (secondary N) is 1. The molecule has 0 aliphatic heterocycles. The Morgan fingerprint density at radius 2 is 1.66 bits per heavy atom. The second-order valence-corrected chi connectivity index (χ2v) is 9.37. The molecular weight excluding hydrogens is 468 g/mol. The van der Waals surface area contributed by atoms with Crippen molar-refractivity contribution in [1.82, 2.24) is 10.2 Å². The summed E-state index contributed by atoms with van der Waals surface area (Å²) < 4.78 is 6.73. The fourth-order valence-corrected chi connectivity index (χ4v) is 4.25. The van der Waals surface area contributed by atoms with Crippen LogP contribution in [0.2, 0.25) is 0 Å². The molecule has 0 bridgehead atoms. The van der Waals surface area contributed by atoms with Crippen molar-refractivity contribution < 1.29 is 14.3 Å². The summed E-state index contributed by atoms with van der Waals surface area (Å²) in [7, 11) is 0. The Hall–Kier alpha value is -2.34. The topological polar surface area (TPSA) is 58.6 Å². The number of nitrogens with zero attached hydrogens (tertiary/aromatic N) is 1. The van der Waals surface area contributed by atoms with Gasteiger partial charge in [-0.15, -0.1) is 0 Å². The van der Waals surface area contributed by atoms with Gasteiger partial charge in [-0.05, 0) is 61.6 Å². The first-order chi connectivity index (χ1) is 15.5. The number of ether oxygens (including phenoxy) is 1. The minimum absolute atomic E-state index is 0.102. The molecule has 0 radical (unpaired) electrons. The quantitative estimate of drug-likeness (QED) is 0.510. The first kappa shape index (κ1) is 24.3. The third kappa shape index (κ3) is 7.09. The highest BCUT2D eigenvalue weighted by Crippen LogP contribution is 2.19. The van der Waals surface area contributed by atoms with Gasteiger partial charge < -0.3 is 15.0 Å². The molecule has 0 unspecified atom stereocenters. The van der Waals surface area contributed by atoms with Crippen molar-refractivity contribution in [3.05, 3.63) is 64.1 Å². The highest BCUT2D eigenvalue weighted by molar-refractivity contribution is 9.10. The lowest BCUT2D eigenvalue weighted by atomic mass is 9.95. The van der Waals surface area contributed by atoms with Crippen molar-refractivity contribution >= 4 is 27.7 Å². The highest BCUT2D eigenvalue weighted by Gasteiger charge is 2.28. The van der Waals surface area contributed by atoms with E-state index in [1.54, 1.807) is 11.8 Å². The molecular formula is C26H33BrN2O3. The molecule has 2 amide bonds. The molecule has 1 N–H and O–H groups in total. The second-order valence-electron chi connectivity index (χ2n) is 8.45. The second kappa shape index (κ2) is 12.0. The summed E-state index contributed by atoms with van der Waals surface area (Å²) in [5.74, 6) is 0.340. The molecule has 0 saturated heterocycles. The van der Waals surface area contributed by atoms with Gasteiger partial charge in [0.05, 0.1) is 0 Å². The van der Waals surface area contributed by atoms with E-state index in [1.807, 2.05) is 48.5 Å². The number of halogens is 1. The van der Waals surface area contributed by atoms with E-state index in [-0.39, 0.29) is 24.5 Å². The maximum Gasteiger partial charge on any atom is 0.261 e. The maximum absolute atomic E-state index is 13.2. The summed E-state index contributed by atoms with van der Waals surface area (Å²) >= 11 is 3.44. The molecule has 1 saturated carbocycles. The van der Waals surface area contributed by atoms with Gasteiger partial charge in [-0.2, -0.15) is 0 Å². The van der Waals surface area contributed by atoms with E-state index in [1.165, 1.54) is 12.0 Å². The van der Waals surface area contributed by atoms with E-state index < -0.39 is 6.04 Å². The lowest BCUT2D eigenvalue weighted by Crippen LogP contribution is -2.51. The van der Waals surface area contributed by atoms with Crippen LogP contribution >= 0.6 is 15.9 Å². The van der Waals surface area contributed by atoms with Gasteiger partial charge in [0, 0.05) is 17.1 Å². The number of carbonyl (C=O) groups excluding carboxylic acids is 2. The number of aryl methyl sites for hydroxylation is 1.